The van der Waals surface area contributed by atoms with Gasteiger partial charge in [0.2, 0.25) is 0 Å². The van der Waals surface area contributed by atoms with E-state index in [0.29, 0.717) is 6.04 Å². The summed E-state index contributed by atoms with van der Waals surface area (Å²) in [5, 5.41) is 3.72. The molecule has 0 aliphatic rings. The highest BCUT2D eigenvalue weighted by molar-refractivity contribution is 4.76. The molecule has 0 amide bonds. The first-order chi connectivity index (χ1) is 8.19. The lowest BCUT2D eigenvalue weighted by Crippen LogP contribution is -2.45. The molecule has 0 fully saturated rings. The van der Waals surface area contributed by atoms with Crippen molar-refractivity contribution in [3.63, 3.8) is 0 Å². The lowest BCUT2D eigenvalue weighted by molar-refractivity contribution is 0.216. The van der Waals surface area contributed by atoms with Crippen LogP contribution in [0.25, 0.3) is 0 Å². The zero-order valence-electron chi connectivity index (χ0n) is 12.8. The first kappa shape index (κ1) is 16.9. The molecule has 0 saturated carbocycles. The van der Waals surface area contributed by atoms with Crippen molar-refractivity contribution < 1.29 is 0 Å². The van der Waals surface area contributed by atoms with Crippen LogP contribution >= 0.6 is 0 Å². The number of nitrogens with zero attached hydrogens (tertiary/aromatic N) is 1. The zero-order valence-corrected chi connectivity index (χ0v) is 12.8. The van der Waals surface area contributed by atoms with Gasteiger partial charge < -0.3 is 10.2 Å². The third kappa shape index (κ3) is 7.77. The molecular weight excluding hydrogens is 208 g/mol. The first-order valence-corrected chi connectivity index (χ1v) is 7.65. The van der Waals surface area contributed by atoms with E-state index in [1.807, 2.05) is 0 Å². The summed E-state index contributed by atoms with van der Waals surface area (Å²) < 4.78 is 0. The van der Waals surface area contributed by atoms with Gasteiger partial charge in [0, 0.05) is 12.6 Å². The summed E-state index contributed by atoms with van der Waals surface area (Å²) in [5.74, 6) is 0.775. The molecule has 0 rings (SSSR count). The quantitative estimate of drug-likeness (QED) is 0.596. The minimum absolute atomic E-state index is 0.664. The Morgan fingerprint density at radius 3 is 2.24 bits per heavy atom. The fourth-order valence-electron chi connectivity index (χ4n) is 2.10. The second-order valence-corrected chi connectivity index (χ2v) is 5.19. The van der Waals surface area contributed by atoms with Gasteiger partial charge in [-0.05, 0) is 38.4 Å². The van der Waals surface area contributed by atoms with Crippen LogP contribution < -0.4 is 5.32 Å². The third-order valence-corrected chi connectivity index (χ3v) is 3.72. The third-order valence-electron chi connectivity index (χ3n) is 3.72. The standard InChI is InChI=1S/C15H34N2/c1-6-10-12-17(9-4)13-15(14(5)8-3)16-11-7-2/h14-16H,6-13H2,1-5H3. The van der Waals surface area contributed by atoms with E-state index in [9.17, 15) is 0 Å². The Bertz CT molecular complexity index is 159. The van der Waals surface area contributed by atoms with Crippen molar-refractivity contribution in [1.82, 2.24) is 10.2 Å². The smallest absolute Gasteiger partial charge is 0.0220 e. The summed E-state index contributed by atoms with van der Waals surface area (Å²) in [4.78, 5) is 2.60. The van der Waals surface area contributed by atoms with Gasteiger partial charge >= 0.3 is 0 Å². The average Bonchev–Trinajstić information content (AvgIpc) is 2.37. The molecule has 0 aromatic carbocycles. The molecule has 0 aromatic heterocycles. The van der Waals surface area contributed by atoms with E-state index in [-0.39, 0.29) is 0 Å². The van der Waals surface area contributed by atoms with E-state index in [1.165, 1.54) is 45.3 Å². The Hall–Kier alpha value is -0.0800. The summed E-state index contributed by atoms with van der Waals surface area (Å²) in [6.07, 6.45) is 5.13. The SMILES string of the molecule is CCCCN(CC)CC(NCCC)C(C)CC. The highest BCUT2D eigenvalue weighted by Gasteiger charge is 2.17. The van der Waals surface area contributed by atoms with Gasteiger partial charge in [0.1, 0.15) is 0 Å². The lowest BCUT2D eigenvalue weighted by atomic mass is 9.98. The highest BCUT2D eigenvalue weighted by atomic mass is 15.1. The van der Waals surface area contributed by atoms with Gasteiger partial charge in [-0.1, -0.05) is 47.5 Å². The molecule has 17 heavy (non-hydrogen) atoms. The van der Waals surface area contributed by atoms with Crippen LogP contribution in [0.5, 0.6) is 0 Å². The Balaban J connectivity index is 4.16. The molecule has 0 aromatic rings. The molecule has 2 heteroatoms. The summed E-state index contributed by atoms with van der Waals surface area (Å²) in [7, 11) is 0. The maximum absolute atomic E-state index is 3.72. The predicted octanol–water partition coefficient (Wildman–Crippen LogP) is 3.52. The van der Waals surface area contributed by atoms with Crippen LogP contribution in [0.1, 0.15) is 60.3 Å². The molecule has 0 aliphatic carbocycles. The summed E-state index contributed by atoms with van der Waals surface area (Å²) >= 11 is 0. The van der Waals surface area contributed by atoms with Gasteiger partial charge in [0.25, 0.3) is 0 Å². The number of likely N-dealkylation sites (N-methyl/N-ethyl adjacent to an activating group) is 1. The van der Waals surface area contributed by atoms with Crippen molar-refractivity contribution in [2.24, 2.45) is 5.92 Å². The molecule has 0 spiro atoms. The molecule has 0 radical (unpaired) electrons. The number of unbranched alkanes of at least 4 members (excludes halogenated alkanes) is 1. The van der Waals surface area contributed by atoms with Gasteiger partial charge in [-0.3, -0.25) is 0 Å². The van der Waals surface area contributed by atoms with E-state index in [4.69, 9.17) is 0 Å². The van der Waals surface area contributed by atoms with Crippen molar-refractivity contribution in [2.45, 2.75) is 66.3 Å². The van der Waals surface area contributed by atoms with Crippen LogP contribution in [0.15, 0.2) is 0 Å². The van der Waals surface area contributed by atoms with Crippen molar-refractivity contribution in [3.8, 4) is 0 Å². The zero-order chi connectivity index (χ0) is 13.1. The van der Waals surface area contributed by atoms with Gasteiger partial charge in [-0.25, -0.2) is 0 Å². The number of rotatable bonds is 11. The second-order valence-electron chi connectivity index (χ2n) is 5.19. The van der Waals surface area contributed by atoms with Gasteiger partial charge in [0.05, 0.1) is 0 Å². The van der Waals surface area contributed by atoms with Crippen LogP contribution in [-0.4, -0.2) is 37.1 Å². The summed E-state index contributed by atoms with van der Waals surface area (Å²) in [6, 6.07) is 0.664. The number of nitrogens with one attached hydrogen (secondary N) is 1. The monoisotopic (exact) mass is 242 g/mol. The Kier molecular flexibility index (Phi) is 11.0. The second kappa shape index (κ2) is 11.0. The Morgan fingerprint density at radius 2 is 1.76 bits per heavy atom. The van der Waals surface area contributed by atoms with E-state index in [0.717, 1.165) is 12.5 Å². The van der Waals surface area contributed by atoms with Gasteiger partial charge in [0.15, 0.2) is 0 Å². The van der Waals surface area contributed by atoms with E-state index in [2.05, 4.69) is 44.8 Å². The van der Waals surface area contributed by atoms with E-state index < -0.39 is 0 Å². The molecule has 0 heterocycles. The largest absolute Gasteiger partial charge is 0.312 e. The molecule has 1 N–H and O–H groups in total. The molecule has 104 valence electrons. The molecule has 0 aliphatic heterocycles. The van der Waals surface area contributed by atoms with Crippen LogP contribution in [0.2, 0.25) is 0 Å². The van der Waals surface area contributed by atoms with Crippen LogP contribution in [0.3, 0.4) is 0 Å². The molecular formula is C15H34N2. The maximum Gasteiger partial charge on any atom is 0.0220 e. The summed E-state index contributed by atoms with van der Waals surface area (Å²) in [5.41, 5.74) is 0. The van der Waals surface area contributed by atoms with Crippen LogP contribution in [0.4, 0.5) is 0 Å². The Labute approximate surface area is 109 Å². The van der Waals surface area contributed by atoms with Crippen molar-refractivity contribution in [3.05, 3.63) is 0 Å². The highest BCUT2D eigenvalue weighted by Crippen LogP contribution is 2.10. The van der Waals surface area contributed by atoms with E-state index >= 15 is 0 Å². The number of hydrogen-bond acceptors (Lipinski definition) is 2. The predicted molar refractivity (Wildman–Crippen MR) is 78.6 cm³/mol. The molecule has 2 atom stereocenters. The maximum atomic E-state index is 3.72. The minimum atomic E-state index is 0.664. The molecule has 2 unspecified atom stereocenters. The van der Waals surface area contributed by atoms with Crippen molar-refractivity contribution in [2.75, 3.05) is 26.2 Å². The average molecular weight is 242 g/mol. The summed E-state index contributed by atoms with van der Waals surface area (Å²) in [6.45, 7) is 16.3. The number of hydrogen-bond donors (Lipinski definition) is 1. The minimum Gasteiger partial charge on any atom is -0.312 e. The Morgan fingerprint density at radius 1 is 1.06 bits per heavy atom. The van der Waals surface area contributed by atoms with Crippen LogP contribution in [0, 0.1) is 5.92 Å². The van der Waals surface area contributed by atoms with Crippen molar-refractivity contribution >= 4 is 0 Å². The van der Waals surface area contributed by atoms with Crippen molar-refractivity contribution in [1.29, 1.82) is 0 Å². The van der Waals surface area contributed by atoms with Gasteiger partial charge in [-0.2, -0.15) is 0 Å². The topological polar surface area (TPSA) is 15.3 Å². The molecule has 2 nitrogen and oxygen atoms in total. The molecule has 0 bridgehead atoms. The lowest BCUT2D eigenvalue weighted by Gasteiger charge is -2.30. The van der Waals surface area contributed by atoms with Crippen LogP contribution in [-0.2, 0) is 0 Å². The fraction of sp³-hybridized carbons (Fsp3) is 1.00. The fourth-order valence-corrected chi connectivity index (χ4v) is 2.10. The van der Waals surface area contributed by atoms with E-state index in [1.54, 1.807) is 0 Å². The molecule has 0 saturated heterocycles. The normalized spacial score (nSPS) is 15.2. The van der Waals surface area contributed by atoms with Gasteiger partial charge in [-0.15, -0.1) is 0 Å². The first-order valence-electron chi connectivity index (χ1n) is 7.65.